The molecule has 1 unspecified atom stereocenters. The number of aliphatic imine (C=N–C) groups is 1. The maximum absolute atomic E-state index is 13.4. The van der Waals surface area contributed by atoms with E-state index in [1.807, 2.05) is 0 Å². The van der Waals surface area contributed by atoms with E-state index in [-0.39, 0.29) is 31.1 Å². The molecule has 1 fully saturated rings. The minimum absolute atomic E-state index is 0.0410. The third kappa shape index (κ3) is 11.9. The van der Waals surface area contributed by atoms with Gasteiger partial charge in [0.15, 0.2) is 5.96 Å². The first-order valence-electron chi connectivity index (χ1n) is 13.2. The predicted octanol–water partition coefficient (Wildman–Crippen LogP) is -4.60. The molecule has 1 aromatic carbocycles. The van der Waals surface area contributed by atoms with E-state index in [9.17, 15) is 33.6 Å². The second kappa shape index (κ2) is 17.2. The number of thiol groups is 1. The summed E-state index contributed by atoms with van der Waals surface area (Å²) in [7, 11) is 0. The second-order valence-corrected chi connectivity index (χ2v) is 9.76. The molecular weight excluding hydrogens is 584 g/mol. The van der Waals surface area contributed by atoms with Gasteiger partial charge < -0.3 is 49.1 Å². The van der Waals surface area contributed by atoms with E-state index >= 15 is 0 Å². The average molecular weight is 621 g/mol. The fourth-order valence-electron chi connectivity index (χ4n) is 3.89. The van der Waals surface area contributed by atoms with Crippen molar-refractivity contribution < 1.29 is 33.6 Å². The number of rotatable bonds is 8. The zero-order valence-corrected chi connectivity index (χ0v) is 24.0. The minimum atomic E-state index is -1.49. The number of nitrogens with zero attached hydrogens (tertiary/aromatic N) is 1. The molecule has 0 aromatic heterocycles. The van der Waals surface area contributed by atoms with E-state index in [4.69, 9.17) is 17.2 Å². The molecule has 43 heavy (non-hydrogen) atoms. The summed E-state index contributed by atoms with van der Waals surface area (Å²) in [6.07, 6.45) is -0.317. The van der Waals surface area contributed by atoms with Crippen molar-refractivity contribution in [1.82, 2.24) is 31.9 Å². The molecule has 17 nitrogen and oxygen atoms in total. The summed E-state index contributed by atoms with van der Waals surface area (Å²) in [6.45, 7) is -1.09. The maximum atomic E-state index is 13.4. The molecule has 1 aliphatic rings. The fraction of sp³-hybridized carbons (Fsp3) is 0.440. The Morgan fingerprint density at radius 3 is 1.93 bits per heavy atom. The number of carbonyl (C=O) groups excluding carboxylic acids is 7. The van der Waals surface area contributed by atoms with Crippen LogP contribution < -0.4 is 49.1 Å². The van der Waals surface area contributed by atoms with E-state index in [1.165, 1.54) is 0 Å². The van der Waals surface area contributed by atoms with Crippen LogP contribution in [0.1, 0.15) is 30.9 Å². The molecule has 0 aliphatic carbocycles. The molecule has 234 valence electrons. The lowest BCUT2D eigenvalue weighted by molar-refractivity contribution is -0.135. The van der Waals surface area contributed by atoms with Gasteiger partial charge >= 0.3 is 0 Å². The Kier molecular flexibility index (Phi) is 13.7. The lowest BCUT2D eigenvalue weighted by Gasteiger charge is -2.25. The van der Waals surface area contributed by atoms with Crippen molar-refractivity contribution >= 4 is 59.9 Å². The Labute approximate surface area is 252 Å². The van der Waals surface area contributed by atoms with Crippen molar-refractivity contribution in [3.05, 3.63) is 35.9 Å². The summed E-state index contributed by atoms with van der Waals surface area (Å²) in [5, 5.41) is 14.5. The Hall–Kier alpha value is -4.87. The summed E-state index contributed by atoms with van der Waals surface area (Å²) >= 11 is 4.05. The summed E-state index contributed by atoms with van der Waals surface area (Å²) < 4.78 is 0. The third-order valence-electron chi connectivity index (χ3n) is 6.00. The first kappa shape index (κ1) is 34.3. The number of benzene rings is 1. The van der Waals surface area contributed by atoms with Crippen LogP contribution in [0.4, 0.5) is 0 Å². The van der Waals surface area contributed by atoms with Gasteiger partial charge in [-0.2, -0.15) is 12.6 Å². The van der Waals surface area contributed by atoms with Gasteiger partial charge in [-0.25, -0.2) is 0 Å². The summed E-state index contributed by atoms with van der Waals surface area (Å²) in [4.78, 5) is 92.9. The van der Waals surface area contributed by atoms with E-state index in [1.54, 1.807) is 30.3 Å². The first-order valence-corrected chi connectivity index (χ1v) is 13.8. The Morgan fingerprint density at radius 2 is 1.35 bits per heavy atom. The third-order valence-corrected chi connectivity index (χ3v) is 6.36. The highest BCUT2D eigenvalue weighted by atomic mass is 32.1. The van der Waals surface area contributed by atoms with E-state index in [0.29, 0.717) is 5.56 Å². The first-order chi connectivity index (χ1) is 20.4. The number of hydrogen-bond acceptors (Lipinski definition) is 9. The van der Waals surface area contributed by atoms with E-state index in [0.717, 1.165) is 0 Å². The van der Waals surface area contributed by atoms with Crippen molar-refractivity contribution in [2.75, 3.05) is 25.4 Å². The van der Waals surface area contributed by atoms with E-state index < -0.39 is 85.0 Å². The van der Waals surface area contributed by atoms with Crippen LogP contribution in [0.25, 0.3) is 0 Å². The van der Waals surface area contributed by atoms with Crippen LogP contribution in [0.5, 0.6) is 0 Å². The number of guanidine groups is 1. The average Bonchev–Trinajstić information content (AvgIpc) is 2.96. The summed E-state index contributed by atoms with van der Waals surface area (Å²) in [5.74, 6) is -6.13. The van der Waals surface area contributed by atoms with Crippen LogP contribution in [0.3, 0.4) is 0 Å². The molecule has 0 bridgehead atoms. The monoisotopic (exact) mass is 620 g/mol. The second-order valence-electron chi connectivity index (χ2n) is 9.39. The number of nitrogens with one attached hydrogen (secondary N) is 6. The van der Waals surface area contributed by atoms with Crippen molar-refractivity contribution in [2.45, 2.75) is 43.4 Å². The molecule has 18 heteroatoms. The summed E-state index contributed by atoms with van der Waals surface area (Å²) in [5.41, 5.74) is 16.3. The SMILES string of the molecule is NC(=O)C[C@@H]1NC(=O)[C@H](CS)NC(=O)CNC(=O)C(c2ccccc2)NC(=O)[C@H](CCCN=C(N)N)NC(=O)CNC1=O. The van der Waals surface area contributed by atoms with Crippen molar-refractivity contribution in [3.8, 4) is 0 Å². The molecule has 1 aliphatic heterocycles. The molecule has 1 heterocycles. The highest BCUT2D eigenvalue weighted by Crippen LogP contribution is 2.14. The van der Waals surface area contributed by atoms with Crippen LogP contribution in [-0.2, 0) is 33.6 Å². The van der Waals surface area contributed by atoms with E-state index in [2.05, 4.69) is 49.5 Å². The lowest BCUT2D eigenvalue weighted by atomic mass is 10.0. The smallest absolute Gasteiger partial charge is 0.247 e. The zero-order valence-electron chi connectivity index (χ0n) is 23.1. The van der Waals surface area contributed by atoms with Crippen LogP contribution >= 0.6 is 12.6 Å². The molecule has 1 aromatic rings. The van der Waals surface area contributed by atoms with Crippen molar-refractivity contribution in [1.29, 1.82) is 0 Å². The minimum Gasteiger partial charge on any atom is -0.370 e. The molecule has 0 saturated carbocycles. The van der Waals surface area contributed by atoms with Gasteiger partial charge in [0, 0.05) is 12.3 Å². The van der Waals surface area contributed by atoms with Crippen molar-refractivity contribution in [2.24, 2.45) is 22.2 Å². The van der Waals surface area contributed by atoms with Crippen molar-refractivity contribution in [3.63, 3.8) is 0 Å². The molecular formula is C25H36N10O7S. The fourth-order valence-corrected chi connectivity index (χ4v) is 4.15. The molecule has 0 spiro atoms. The molecule has 7 amide bonds. The lowest BCUT2D eigenvalue weighted by Crippen LogP contribution is -2.58. The normalized spacial score (nSPS) is 22.7. The number of primary amides is 1. The predicted molar refractivity (Wildman–Crippen MR) is 157 cm³/mol. The van der Waals surface area contributed by atoms with Crippen LogP contribution in [0.15, 0.2) is 35.3 Å². The standard InChI is InChI=1S/C25H36N10O7S/c26-17(36)9-15-21(39)30-10-18(37)32-14(7-4-8-29-25(27)28)22(40)35-20(13-5-2-1-3-6-13)24(42)31-11-19(38)33-16(12-43)23(41)34-15/h1-3,5-6,14-16,20,43H,4,7-12H2,(H2,26,36)(H,30,39)(H,31,42)(H,32,37)(H,33,38)(H,34,41)(H,35,40)(H4,27,28,29)/t14-,15-,16-,20?/m0/s1. The number of carbonyl (C=O) groups is 7. The molecule has 2 rings (SSSR count). The van der Waals surface area contributed by atoms with Gasteiger partial charge in [-0.1, -0.05) is 30.3 Å². The number of nitrogens with two attached hydrogens (primary N) is 3. The zero-order chi connectivity index (χ0) is 31.9. The summed E-state index contributed by atoms with van der Waals surface area (Å²) in [6, 6.07) is 2.95. The van der Waals surface area contributed by atoms with Gasteiger partial charge in [0.05, 0.1) is 19.5 Å². The largest absolute Gasteiger partial charge is 0.370 e. The van der Waals surface area contributed by atoms with Gasteiger partial charge in [-0.05, 0) is 18.4 Å². The highest BCUT2D eigenvalue weighted by molar-refractivity contribution is 7.80. The quantitative estimate of drug-likeness (QED) is 0.0578. The van der Waals surface area contributed by atoms with Gasteiger partial charge in [0.1, 0.15) is 24.2 Å². The van der Waals surface area contributed by atoms with Gasteiger partial charge in [-0.3, -0.25) is 38.6 Å². The highest BCUT2D eigenvalue weighted by Gasteiger charge is 2.31. The number of hydrogen-bond donors (Lipinski definition) is 10. The molecule has 0 radical (unpaired) electrons. The van der Waals surface area contributed by atoms with Crippen LogP contribution in [0.2, 0.25) is 0 Å². The van der Waals surface area contributed by atoms with Crippen LogP contribution in [0, 0.1) is 0 Å². The Balaban J connectivity index is 2.39. The van der Waals surface area contributed by atoms with Gasteiger partial charge in [0.2, 0.25) is 41.4 Å². The topological polar surface area (TPSA) is 282 Å². The molecule has 12 N–H and O–H groups in total. The van der Waals surface area contributed by atoms with Crippen LogP contribution in [-0.4, -0.2) is 90.8 Å². The maximum Gasteiger partial charge on any atom is 0.247 e. The Morgan fingerprint density at radius 1 is 0.767 bits per heavy atom. The number of amides is 7. The van der Waals surface area contributed by atoms with Gasteiger partial charge in [-0.15, -0.1) is 0 Å². The molecule has 1 saturated heterocycles. The Bertz CT molecular complexity index is 1230. The van der Waals surface area contributed by atoms with Gasteiger partial charge in [0.25, 0.3) is 0 Å². The molecule has 4 atom stereocenters.